The maximum Gasteiger partial charge on any atom is 0.271 e. The fourth-order valence-electron chi connectivity index (χ4n) is 2.44. The Morgan fingerprint density at radius 3 is 2.45 bits per heavy atom. The average molecular weight is 459 g/mol. The fourth-order valence-corrected chi connectivity index (χ4v) is 2.82. The Morgan fingerprint density at radius 2 is 1.76 bits per heavy atom. The highest BCUT2D eigenvalue weighted by atomic mass is 79.9. The molecule has 0 saturated heterocycles. The summed E-state index contributed by atoms with van der Waals surface area (Å²) >= 11 is 3.37. The van der Waals surface area contributed by atoms with Gasteiger partial charge in [-0.25, -0.2) is 9.82 Å². The molecule has 8 heteroatoms. The summed E-state index contributed by atoms with van der Waals surface area (Å²) in [6.45, 7) is 0.234. The normalized spacial score (nSPS) is 10.8. The summed E-state index contributed by atoms with van der Waals surface area (Å²) in [5.74, 6) is -0.868. The second kappa shape index (κ2) is 9.20. The molecule has 3 aromatic rings. The first-order valence-corrected chi connectivity index (χ1v) is 9.23. The lowest BCUT2D eigenvalue weighted by Crippen LogP contribution is -2.17. The van der Waals surface area contributed by atoms with Crippen LogP contribution in [0.1, 0.15) is 21.5 Å². The summed E-state index contributed by atoms with van der Waals surface area (Å²) < 4.78 is 19.6. The number of hydrazone groups is 1. The lowest BCUT2D eigenvalue weighted by molar-refractivity contribution is 0.0954. The monoisotopic (exact) mass is 458 g/mol. The van der Waals surface area contributed by atoms with E-state index in [1.807, 2.05) is 0 Å². The zero-order chi connectivity index (χ0) is 20.8. The number of rotatable bonds is 6. The summed E-state index contributed by atoms with van der Waals surface area (Å²) in [4.78, 5) is 12.1. The lowest BCUT2D eigenvalue weighted by atomic mass is 10.2. The van der Waals surface area contributed by atoms with Crippen LogP contribution in [-0.4, -0.2) is 22.3 Å². The van der Waals surface area contributed by atoms with Crippen molar-refractivity contribution in [3.63, 3.8) is 0 Å². The molecule has 0 spiro atoms. The third-order valence-electron chi connectivity index (χ3n) is 3.81. The van der Waals surface area contributed by atoms with Gasteiger partial charge in [0.2, 0.25) is 0 Å². The van der Waals surface area contributed by atoms with Gasteiger partial charge in [-0.15, -0.1) is 0 Å². The first-order valence-electron chi connectivity index (χ1n) is 8.44. The molecule has 0 unspecified atom stereocenters. The van der Waals surface area contributed by atoms with E-state index in [0.717, 1.165) is 16.1 Å². The van der Waals surface area contributed by atoms with Crippen molar-refractivity contribution in [1.29, 1.82) is 0 Å². The van der Waals surface area contributed by atoms with E-state index in [1.165, 1.54) is 30.5 Å². The summed E-state index contributed by atoms with van der Waals surface area (Å²) in [6.07, 6.45) is 1.41. The van der Waals surface area contributed by atoms with E-state index < -0.39 is 5.91 Å². The molecule has 29 heavy (non-hydrogen) atoms. The van der Waals surface area contributed by atoms with E-state index in [1.54, 1.807) is 30.3 Å². The zero-order valence-corrected chi connectivity index (χ0v) is 16.6. The first-order chi connectivity index (χ1) is 13.9. The molecule has 0 atom stereocenters. The average Bonchev–Trinajstić information content (AvgIpc) is 2.68. The number of phenols is 2. The van der Waals surface area contributed by atoms with Crippen LogP contribution in [0.25, 0.3) is 0 Å². The van der Waals surface area contributed by atoms with Crippen molar-refractivity contribution in [3.8, 4) is 17.2 Å². The number of nitrogens with zero attached hydrogens (tertiary/aromatic N) is 1. The topological polar surface area (TPSA) is 91.2 Å². The molecule has 0 fully saturated rings. The van der Waals surface area contributed by atoms with Crippen molar-refractivity contribution in [3.05, 3.63) is 87.6 Å². The highest BCUT2D eigenvalue weighted by Gasteiger charge is 2.08. The number of hydrogen-bond acceptors (Lipinski definition) is 5. The van der Waals surface area contributed by atoms with Crippen molar-refractivity contribution in [2.75, 3.05) is 0 Å². The van der Waals surface area contributed by atoms with E-state index in [4.69, 9.17) is 4.74 Å². The van der Waals surface area contributed by atoms with Crippen molar-refractivity contribution in [2.45, 2.75) is 6.61 Å². The number of halogens is 2. The SMILES string of the molecule is O=C(N/N=C\c1cc(Br)ccc1OCc1ccc(F)cc1)c1cc(O)cc(O)c1. The second-order valence-electron chi connectivity index (χ2n) is 6.03. The lowest BCUT2D eigenvalue weighted by Gasteiger charge is -2.10. The summed E-state index contributed by atoms with van der Waals surface area (Å²) in [5.41, 5.74) is 3.78. The standard InChI is InChI=1S/C21H16BrFN2O4/c22-16-3-6-20(29-12-13-1-4-17(23)5-2-13)15(7-16)11-24-25-21(28)14-8-18(26)10-19(27)9-14/h1-11,26-27H,12H2,(H,25,28)/b24-11-. The Labute approximate surface area is 174 Å². The van der Waals surface area contributed by atoms with Crippen LogP contribution in [-0.2, 0) is 6.61 Å². The van der Waals surface area contributed by atoms with Crippen LogP contribution < -0.4 is 10.2 Å². The maximum absolute atomic E-state index is 13.0. The molecular weight excluding hydrogens is 443 g/mol. The van der Waals surface area contributed by atoms with E-state index in [9.17, 15) is 19.4 Å². The van der Waals surface area contributed by atoms with E-state index in [-0.39, 0.29) is 29.5 Å². The minimum atomic E-state index is -0.601. The van der Waals surface area contributed by atoms with Crippen LogP contribution >= 0.6 is 15.9 Å². The van der Waals surface area contributed by atoms with Crippen molar-refractivity contribution >= 4 is 28.1 Å². The molecule has 0 heterocycles. The molecule has 3 aromatic carbocycles. The Hall–Kier alpha value is -3.39. The molecule has 0 aliphatic heterocycles. The molecule has 0 radical (unpaired) electrons. The summed E-state index contributed by atoms with van der Waals surface area (Å²) in [5, 5.41) is 22.8. The summed E-state index contributed by atoms with van der Waals surface area (Å²) in [7, 11) is 0. The number of carbonyl (C=O) groups is 1. The number of nitrogens with one attached hydrogen (secondary N) is 1. The number of aromatic hydroxyl groups is 2. The van der Waals surface area contributed by atoms with Crippen molar-refractivity contribution in [2.24, 2.45) is 5.10 Å². The number of phenolic OH excluding ortho intramolecular Hbond substituents is 2. The van der Waals surface area contributed by atoms with Crippen LogP contribution in [0, 0.1) is 5.82 Å². The Balaban J connectivity index is 1.70. The van der Waals surface area contributed by atoms with E-state index in [0.29, 0.717) is 11.3 Å². The number of amides is 1. The third kappa shape index (κ3) is 5.79. The molecule has 0 aliphatic carbocycles. The third-order valence-corrected chi connectivity index (χ3v) is 4.31. The largest absolute Gasteiger partial charge is 0.508 e. The predicted molar refractivity (Wildman–Crippen MR) is 110 cm³/mol. The molecule has 6 nitrogen and oxygen atoms in total. The van der Waals surface area contributed by atoms with Gasteiger partial charge in [0.1, 0.15) is 29.7 Å². The van der Waals surface area contributed by atoms with Gasteiger partial charge in [0.25, 0.3) is 5.91 Å². The molecule has 148 valence electrons. The van der Waals surface area contributed by atoms with Gasteiger partial charge < -0.3 is 14.9 Å². The molecule has 0 bridgehead atoms. The van der Waals surface area contributed by atoms with Gasteiger partial charge in [0.05, 0.1) is 6.21 Å². The highest BCUT2D eigenvalue weighted by Crippen LogP contribution is 2.23. The number of ether oxygens (including phenoxy) is 1. The first kappa shape index (κ1) is 20.3. The second-order valence-corrected chi connectivity index (χ2v) is 6.95. The van der Waals surface area contributed by atoms with Gasteiger partial charge in [-0.2, -0.15) is 5.10 Å². The number of benzene rings is 3. The molecule has 3 N–H and O–H groups in total. The minimum absolute atomic E-state index is 0.0571. The smallest absolute Gasteiger partial charge is 0.271 e. The van der Waals surface area contributed by atoms with Gasteiger partial charge in [0, 0.05) is 21.7 Å². The maximum atomic E-state index is 13.0. The van der Waals surface area contributed by atoms with Crippen LogP contribution in [0.3, 0.4) is 0 Å². The summed E-state index contributed by atoms with van der Waals surface area (Å²) in [6, 6.07) is 14.8. The number of hydrogen-bond donors (Lipinski definition) is 3. The van der Waals surface area contributed by atoms with E-state index in [2.05, 4.69) is 26.5 Å². The van der Waals surface area contributed by atoms with Crippen LogP contribution in [0.15, 0.2) is 70.2 Å². The molecule has 3 rings (SSSR count). The van der Waals surface area contributed by atoms with Crippen LogP contribution in [0.4, 0.5) is 4.39 Å². The van der Waals surface area contributed by atoms with Gasteiger partial charge >= 0.3 is 0 Å². The van der Waals surface area contributed by atoms with Crippen LogP contribution in [0.2, 0.25) is 0 Å². The van der Waals surface area contributed by atoms with Crippen LogP contribution in [0.5, 0.6) is 17.2 Å². The highest BCUT2D eigenvalue weighted by molar-refractivity contribution is 9.10. The van der Waals surface area contributed by atoms with Gasteiger partial charge in [0.15, 0.2) is 0 Å². The van der Waals surface area contributed by atoms with E-state index >= 15 is 0 Å². The quantitative estimate of drug-likeness (QED) is 0.378. The van der Waals surface area contributed by atoms with Gasteiger partial charge in [-0.3, -0.25) is 4.79 Å². The van der Waals surface area contributed by atoms with Crippen molar-refractivity contribution in [1.82, 2.24) is 5.43 Å². The van der Waals surface area contributed by atoms with Gasteiger partial charge in [-0.1, -0.05) is 28.1 Å². The Kier molecular flexibility index (Phi) is 6.46. The molecular formula is C21H16BrFN2O4. The zero-order valence-electron chi connectivity index (χ0n) is 15.0. The fraction of sp³-hybridized carbons (Fsp3) is 0.0476. The minimum Gasteiger partial charge on any atom is -0.508 e. The molecule has 0 aromatic heterocycles. The molecule has 0 saturated carbocycles. The van der Waals surface area contributed by atoms with Crippen molar-refractivity contribution < 1.29 is 24.1 Å². The van der Waals surface area contributed by atoms with Gasteiger partial charge in [-0.05, 0) is 48.0 Å². The Bertz CT molecular complexity index is 1030. The number of carbonyl (C=O) groups excluding carboxylic acids is 1. The predicted octanol–water partition coefficient (Wildman–Crippen LogP) is 4.34. The Morgan fingerprint density at radius 1 is 1.07 bits per heavy atom. The molecule has 1 amide bonds. The molecule has 0 aliphatic rings.